The van der Waals surface area contributed by atoms with E-state index in [2.05, 4.69) is 69.4 Å². The molecule has 0 aliphatic heterocycles. The zero-order chi connectivity index (χ0) is 57.1. The Morgan fingerprint density at radius 2 is 0.456 bits per heavy atom. The molecule has 0 fully saturated rings. The molecule has 0 rings (SSSR count). The van der Waals surface area contributed by atoms with E-state index >= 15 is 0 Å². The highest BCUT2D eigenvalue weighted by molar-refractivity contribution is 5.71. The van der Waals surface area contributed by atoms with Gasteiger partial charge in [0.25, 0.3) is 0 Å². The van der Waals surface area contributed by atoms with Crippen molar-refractivity contribution in [3.8, 4) is 0 Å². The van der Waals surface area contributed by atoms with Gasteiger partial charge in [0.05, 0.1) is 0 Å². The van der Waals surface area contributed by atoms with Gasteiger partial charge in [-0.1, -0.05) is 326 Å². The zero-order valence-corrected chi connectivity index (χ0v) is 53.2. The van der Waals surface area contributed by atoms with Crippen LogP contribution in [0.4, 0.5) is 0 Å². The van der Waals surface area contributed by atoms with Crippen LogP contribution in [0.2, 0.25) is 0 Å². The Labute approximate surface area is 492 Å². The number of esters is 3. The van der Waals surface area contributed by atoms with Gasteiger partial charge in [-0.15, -0.1) is 0 Å². The van der Waals surface area contributed by atoms with Gasteiger partial charge in [-0.05, 0) is 83.5 Å². The first-order chi connectivity index (χ1) is 39.0. The molecule has 0 saturated heterocycles. The first kappa shape index (κ1) is 76.4. The van der Waals surface area contributed by atoms with E-state index in [0.29, 0.717) is 19.3 Å². The summed E-state index contributed by atoms with van der Waals surface area (Å²) in [5.74, 6) is -0.858. The summed E-state index contributed by atoms with van der Waals surface area (Å²) in [6.07, 6.45) is 85.5. The van der Waals surface area contributed by atoms with Gasteiger partial charge < -0.3 is 14.2 Å². The van der Waals surface area contributed by atoms with Crippen LogP contribution in [0.5, 0.6) is 0 Å². The smallest absolute Gasteiger partial charge is 0.306 e. The van der Waals surface area contributed by atoms with Crippen LogP contribution >= 0.6 is 0 Å². The Morgan fingerprint density at radius 1 is 0.253 bits per heavy atom. The lowest BCUT2D eigenvalue weighted by molar-refractivity contribution is -0.167. The normalized spacial score (nSPS) is 12.3. The SMILES string of the molecule is CCCCCCC/C=C\C/C=C\C/C=C\CCCCCCCCCCC(=O)OCC(COC(=O)CCCCCCCCC/C=C\CCCCCCCC)OC(=O)CCCCCCCCCCCCCCCCCCCCCCC. The second-order valence-corrected chi connectivity index (χ2v) is 23.8. The van der Waals surface area contributed by atoms with Crippen molar-refractivity contribution in [2.24, 2.45) is 0 Å². The molecule has 0 spiro atoms. The van der Waals surface area contributed by atoms with E-state index in [1.165, 1.54) is 263 Å². The van der Waals surface area contributed by atoms with Gasteiger partial charge in [0.2, 0.25) is 0 Å². The Morgan fingerprint density at radius 3 is 0.722 bits per heavy atom. The van der Waals surface area contributed by atoms with Gasteiger partial charge >= 0.3 is 17.9 Å². The average Bonchev–Trinajstić information content (AvgIpc) is 3.45. The lowest BCUT2D eigenvalue weighted by atomic mass is 10.0. The fourth-order valence-electron chi connectivity index (χ4n) is 10.5. The molecule has 79 heavy (non-hydrogen) atoms. The second-order valence-electron chi connectivity index (χ2n) is 23.8. The van der Waals surface area contributed by atoms with Crippen molar-refractivity contribution in [3.05, 3.63) is 48.6 Å². The molecule has 0 aromatic carbocycles. The molecule has 0 heterocycles. The third-order valence-corrected chi connectivity index (χ3v) is 15.8. The predicted octanol–water partition coefficient (Wildman–Crippen LogP) is 24.1. The van der Waals surface area contributed by atoms with Gasteiger partial charge in [0.15, 0.2) is 6.10 Å². The highest BCUT2D eigenvalue weighted by Gasteiger charge is 2.19. The number of hydrogen-bond acceptors (Lipinski definition) is 6. The van der Waals surface area contributed by atoms with Crippen molar-refractivity contribution in [2.45, 2.75) is 386 Å². The molecule has 1 unspecified atom stereocenters. The van der Waals surface area contributed by atoms with Crippen LogP contribution in [0, 0.1) is 0 Å². The minimum atomic E-state index is -0.778. The second kappa shape index (κ2) is 67.9. The highest BCUT2D eigenvalue weighted by Crippen LogP contribution is 2.18. The zero-order valence-electron chi connectivity index (χ0n) is 53.2. The molecular formula is C73H134O6. The van der Waals surface area contributed by atoms with Crippen molar-refractivity contribution < 1.29 is 28.6 Å². The first-order valence-corrected chi connectivity index (χ1v) is 35.1. The molecule has 6 heteroatoms. The minimum absolute atomic E-state index is 0.0738. The fraction of sp³-hybridized carbons (Fsp3) is 0.849. The van der Waals surface area contributed by atoms with Crippen molar-refractivity contribution in [1.29, 1.82) is 0 Å². The number of hydrogen-bond donors (Lipinski definition) is 0. The van der Waals surface area contributed by atoms with E-state index in [9.17, 15) is 14.4 Å². The summed E-state index contributed by atoms with van der Waals surface area (Å²) in [6, 6.07) is 0. The van der Waals surface area contributed by atoms with Crippen LogP contribution in [0.15, 0.2) is 48.6 Å². The lowest BCUT2D eigenvalue weighted by Crippen LogP contribution is -2.30. The number of carbonyl (C=O) groups excluding carboxylic acids is 3. The molecule has 0 aromatic heterocycles. The van der Waals surface area contributed by atoms with Crippen LogP contribution < -0.4 is 0 Å². The topological polar surface area (TPSA) is 78.9 Å². The van der Waals surface area contributed by atoms with E-state index in [-0.39, 0.29) is 31.1 Å². The Kier molecular flexibility index (Phi) is 65.6. The Bertz CT molecular complexity index is 1360. The summed E-state index contributed by atoms with van der Waals surface area (Å²) in [5.41, 5.74) is 0. The van der Waals surface area contributed by atoms with Gasteiger partial charge in [-0.2, -0.15) is 0 Å². The quantitative estimate of drug-likeness (QED) is 0.0261. The Balaban J connectivity index is 4.34. The third-order valence-electron chi connectivity index (χ3n) is 15.8. The summed E-state index contributed by atoms with van der Waals surface area (Å²) in [7, 11) is 0. The standard InChI is InChI=1S/C73H134O6/c1-4-7-10-13-16-19-22-25-28-31-33-35-36-38-39-42-45-48-51-54-57-60-63-66-72(75)78-69-70(68-77-71(74)65-62-59-56-53-50-47-44-41-30-27-24-21-18-15-12-9-6-3)79-73(76)67-64-61-58-55-52-49-46-43-40-37-34-32-29-26-23-20-17-14-11-8-5-2/h22,25,27,30-31,33,36,38,70H,4-21,23-24,26,28-29,32,34-35,37,39-69H2,1-3H3/b25-22-,30-27-,33-31-,38-36-. The van der Waals surface area contributed by atoms with Crippen molar-refractivity contribution >= 4 is 17.9 Å². The molecular weight excluding hydrogens is 973 g/mol. The van der Waals surface area contributed by atoms with E-state index < -0.39 is 6.10 Å². The van der Waals surface area contributed by atoms with E-state index in [1.807, 2.05) is 0 Å². The van der Waals surface area contributed by atoms with Crippen LogP contribution in [0.1, 0.15) is 380 Å². The van der Waals surface area contributed by atoms with Gasteiger partial charge in [-0.25, -0.2) is 0 Å². The number of ether oxygens (including phenoxy) is 3. The number of carbonyl (C=O) groups is 3. The van der Waals surface area contributed by atoms with Crippen LogP contribution in [-0.2, 0) is 28.6 Å². The minimum Gasteiger partial charge on any atom is -0.462 e. The third kappa shape index (κ3) is 66.1. The fourth-order valence-corrected chi connectivity index (χ4v) is 10.5. The lowest BCUT2D eigenvalue weighted by Gasteiger charge is -2.18. The van der Waals surface area contributed by atoms with Crippen molar-refractivity contribution in [1.82, 2.24) is 0 Å². The Hall–Kier alpha value is -2.63. The molecule has 0 aromatic rings. The molecule has 6 nitrogen and oxygen atoms in total. The summed E-state index contributed by atoms with van der Waals surface area (Å²) >= 11 is 0. The van der Waals surface area contributed by atoms with E-state index in [1.54, 1.807) is 0 Å². The van der Waals surface area contributed by atoms with Crippen molar-refractivity contribution in [2.75, 3.05) is 13.2 Å². The molecule has 0 saturated carbocycles. The maximum atomic E-state index is 13.0. The van der Waals surface area contributed by atoms with Crippen LogP contribution in [-0.4, -0.2) is 37.2 Å². The number of allylic oxidation sites excluding steroid dienone is 8. The number of unbranched alkanes of at least 4 members (excludes halogenated alkanes) is 46. The summed E-state index contributed by atoms with van der Waals surface area (Å²) < 4.78 is 17.0. The summed E-state index contributed by atoms with van der Waals surface area (Å²) in [4.78, 5) is 38.5. The number of rotatable bonds is 65. The van der Waals surface area contributed by atoms with Gasteiger partial charge in [-0.3, -0.25) is 14.4 Å². The van der Waals surface area contributed by atoms with E-state index in [4.69, 9.17) is 14.2 Å². The molecule has 0 N–H and O–H groups in total. The van der Waals surface area contributed by atoms with Crippen molar-refractivity contribution in [3.63, 3.8) is 0 Å². The maximum absolute atomic E-state index is 13.0. The summed E-state index contributed by atoms with van der Waals surface area (Å²) in [6.45, 7) is 6.69. The molecule has 0 amide bonds. The molecule has 1 atom stereocenters. The largest absolute Gasteiger partial charge is 0.462 e. The molecule has 0 aliphatic rings. The maximum Gasteiger partial charge on any atom is 0.306 e. The predicted molar refractivity (Wildman–Crippen MR) is 344 cm³/mol. The molecule has 0 bridgehead atoms. The molecule has 0 radical (unpaired) electrons. The van der Waals surface area contributed by atoms with Crippen LogP contribution in [0.3, 0.4) is 0 Å². The molecule has 0 aliphatic carbocycles. The van der Waals surface area contributed by atoms with Gasteiger partial charge in [0, 0.05) is 19.3 Å². The molecule has 462 valence electrons. The summed E-state index contributed by atoms with van der Waals surface area (Å²) in [5, 5.41) is 0. The average molecular weight is 1110 g/mol. The monoisotopic (exact) mass is 1110 g/mol. The first-order valence-electron chi connectivity index (χ1n) is 35.1. The van der Waals surface area contributed by atoms with Crippen LogP contribution in [0.25, 0.3) is 0 Å². The highest BCUT2D eigenvalue weighted by atomic mass is 16.6. The van der Waals surface area contributed by atoms with Gasteiger partial charge in [0.1, 0.15) is 13.2 Å². The van der Waals surface area contributed by atoms with E-state index in [0.717, 1.165) is 77.0 Å².